The minimum Gasteiger partial charge on any atom is -0.383 e. The van der Waals surface area contributed by atoms with Gasteiger partial charge in [0.2, 0.25) is 16.0 Å². The smallest absolute Gasteiger partial charge is 0.224 e. The molecular weight excluding hydrogens is 378 g/mol. The third-order valence-corrected chi connectivity index (χ3v) is 6.82. The van der Waals surface area contributed by atoms with Crippen LogP contribution >= 0.6 is 23.6 Å². The molecule has 10 heteroatoms. The van der Waals surface area contributed by atoms with E-state index in [1.165, 1.54) is 10.6 Å². The average molecular weight is 398 g/mol. The number of sulfonamides is 1. The molecule has 0 aromatic carbocycles. The number of thiophene rings is 1. The number of hydrogen-bond acceptors (Lipinski definition) is 8. The molecule has 0 radical (unpaired) electrons. The fourth-order valence-corrected chi connectivity index (χ4v) is 4.62. The summed E-state index contributed by atoms with van der Waals surface area (Å²) in [6.07, 6.45) is 4.27. The van der Waals surface area contributed by atoms with Gasteiger partial charge in [0.15, 0.2) is 0 Å². The van der Waals surface area contributed by atoms with Crippen LogP contribution in [0.2, 0.25) is 0 Å². The molecule has 7 nitrogen and oxygen atoms in total. The van der Waals surface area contributed by atoms with E-state index in [0.717, 1.165) is 4.88 Å². The highest BCUT2D eigenvalue weighted by atomic mass is 32.2. The molecule has 0 amide bonds. The van der Waals surface area contributed by atoms with Gasteiger partial charge in [0, 0.05) is 30.2 Å². The summed E-state index contributed by atoms with van der Waals surface area (Å²) in [6.45, 7) is 0.985. The summed E-state index contributed by atoms with van der Waals surface area (Å²) < 4.78 is 24.6. The molecule has 1 aliphatic rings. The van der Waals surface area contributed by atoms with E-state index in [2.05, 4.69) is 15.3 Å². The Bertz CT molecular complexity index is 859. The van der Waals surface area contributed by atoms with Crippen LogP contribution in [0.3, 0.4) is 0 Å². The van der Waals surface area contributed by atoms with E-state index in [1.54, 1.807) is 17.5 Å². The van der Waals surface area contributed by atoms with Gasteiger partial charge in [-0.15, -0.1) is 11.3 Å². The maximum atomic E-state index is 11.5. The molecular formula is C15H19N5O2S3. The lowest BCUT2D eigenvalue weighted by Gasteiger charge is -2.30. The van der Waals surface area contributed by atoms with E-state index in [-0.39, 0.29) is 6.04 Å². The predicted molar refractivity (Wildman–Crippen MR) is 105 cm³/mol. The monoisotopic (exact) mass is 397 g/mol. The Labute approximate surface area is 156 Å². The van der Waals surface area contributed by atoms with Crippen molar-refractivity contribution in [2.75, 3.05) is 30.4 Å². The van der Waals surface area contributed by atoms with Gasteiger partial charge < -0.3 is 11.1 Å². The van der Waals surface area contributed by atoms with Gasteiger partial charge in [0.05, 0.1) is 16.7 Å². The number of nitrogens with one attached hydrogen (secondary N) is 1. The lowest BCUT2D eigenvalue weighted by molar-refractivity contribution is 0.331. The zero-order valence-electron chi connectivity index (χ0n) is 13.7. The molecule has 0 bridgehead atoms. The van der Waals surface area contributed by atoms with Gasteiger partial charge in [-0.2, -0.15) is 4.98 Å². The van der Waals surface area contributed by atoms with Crippen molar-refractivity contribution in [3.05, 3.63) is 34.2 Å². The summed E-state index contributed by atoms with van der Waals surface area (Å²) >= 11 is 7.00. The summed E-state index contributed by atoms with van der Waals surface area (Å²) in [5.41, 5.74) is 6.70. The number of piperidine rings is 1. The van der Waals surface area contributed by atoms with Crippen LogP contribution < -0.4 is 11.1 Å². The molecule has 0 aliphatic carbocycles. The molecule has 1 saturated heterocycles. The third kappa shape index (κ3) is 4.32. The number of thiocarbonyl (C=S) groups is 1. The Kier molecular flexibility index (Phi) is 5.32. The molecule has 3 N–H and O–H groups in total. The number of nitrogens with two attached hydrogens (primary N) is 1. The second kappa shape index (κ2) is 7.32. The first kappa shape index (κ1) is 18.2. The normalized spacial score (nSPS) is 16.7. The van der Waals surface area contributed by atoms with E-state index in [4.69, 9.17) is 18.0 Å². The molecule has 134 valence electrons. The molecule has 2 aromatic rings. The van der Waals surface area contributed by atoms with Crippen LogP contribution in [-0.4, -0.2) is 52.9 Å². The maximum Gasteiger partial charge on any atom is 0.224 e. The van der Waals surface area contributed by atoms with Crippen LogP contribution in [0.15, 0.2) is 23.7 Å². The van der Waals surface area contributed by atoms with Gasteiger partial charge in [-0.3, -0.25) is 0 Å². The molecule has 3 rings (SSSR count). The fraction of sp³-hybridized carbons (Fsp3) is 0.400. The van der Waals surface area contributed by atoms with Gasteiger partial charge in [-0.05, 0) is 24.3 Å². The zero-order valence-corrected chi connectivity index (χ0v) is 16.1. The van der Waals surface area contributed by atoms with Crippen molar-refractivity contribution in [2.24, 2.45) is 0 Å². The summed E-state index contributed by atoms with van der Waals surface area (Å²) in [4.78, 5) is 10.2. The lowest BCUT2D eigenvalue weighted by atomic mass is 10.1. The fourth-order valence-electron chi connectivity index (χ4n) is 2.69. The first-order valence-electron chi connectivity index (χ1n) is 7.77. The average Bonchev–Trinajstić information content (AvgIpc) is 3.08. The largest absolute Gasteiger partial charge is 0.383 e. The Morgan fingerprint density at radius 2 is 2.16 bits per heavy atom. The number of aromatic nitrogens is 2. The Morgan fingerprint density at radius 1 is 1.44 bits per heavy atom. The van der Waals surface area contributed by atoms with Crippen molar-refractivity contribution in [3.8, 4) is 0 Å². The summed E-state index contributed by atoms with van der Waals surface area (Å²) in [5, 5.41) is 5.19. The van der Waals surface area contributed by atoms with Crippen molar-refractivity contribution < 1.29 is 8.42 Å². The van der Waals surface area contributed by atoms with Crippen LogP contribution in [0.1, 0.15) is 23.3 Å². The molecule has 0 spiro atoms. The number of anilines is 2. The molecule has 0 unspecified atom stereocenters. The number of hydrogen-bond donors (Lipinski definition) is 2. The summed E-state index contributed by atoms with van der Waals surface area (Å²) in [6, 6.07) is 3.99. The molecule has 0 saturated carbocycles. The van der Waals surface area contributed by atoms with Crippen molar-refractivity contribution in [2.45, 2.75) is 18.9 Å². The minimum absolute atomic E-state index is 0.118. The van der Waals surface area contributed by atoms with Crippen LogP contribution in [0.25, 0.3) is 0 Å². The zero-order chi connectivity index (χ0) is 18.0. The molecule has 2 aromatic heterocycles. The lowest BCUT2D eigenvalue weighted by Crippen LogP contribution is -2.42. The van der Waals surface area contributed by atoms with Gasteiger partial charge >= 0.3 is 0 Å². The van der Waals surface area contributed by atoms with E-state index in [0.29, 0.717) is 48.1 Å². The molecule has 3 heterocycles. The first-order chi connectivity index (χ1) is 11.8. The van der Waals surface area contributed by atoms with E-state index in [9.17, 15) is 8.42 Å². The SMILES string of the molecule is CS(=O)(=O)N1CCC(Nc2ncc(C(=S)c3cccs3)c(N)n2)CC1. The van der Waals surface area contributed by atoms with Crippen molar-refractivity contribution in [3.63, 3.8) is 0 Å². The van der Waals surface area contributed by atoms with Crippen molar-refractivity contribution in [1.29, 1.82) is 0 Å². The highest BCUT2D eigenvalue weighted by Gasteiger charge is 2.25. The first-order valence-corrected chi connectivity index (χ1v) is 10.9. The molecule has 25 heavy (non-hydrogen) atoms. The summed E-state index contributed by atoms with van der Waals surface area (Å²) in [5.74, 6) is 0.775. The van der Waals surface area contributed by atoms with Crippen LogP contribution in [0, 0.1) is 0 Å². The minimum atomic E-state index is -3.12. The van der Waals surface area contributed by atoms with Gasteiger partial charge in [-0.1, -0.05) is 18.3 Å². The second-order valence-corrected chi connectivity index (χ2v) is 9.22. The Hall–Kier alpha value is -1.62. The standard InChI is InChI=1S/C15H19N5O2S3/c1-25(21,22)20-6-4-10(5-7-20)18-15-17-9-11(14(16)19-15)13(23)12-3-2-8-24-12/h2-3,8-10H,4-7H2,1H3,(H3,16,17,18,19). The molecule has 1 aliphatic heterocycles. The number of rotatable bonds is 5. The van der Waals surface area contributed by atoms with E-state index in [1.807, 2.05) is 17.5 Å². The van der Waals surface area contributed by atoms with Gasteiger partial charge in [0.1, 0.15) is 5.82 Å². The second-order valence-electron chi connectivity index (χ2n) is 5.88. The van der Waals surface area contributed by atoms with Gasteiger partial charge in [0.25, 0.3) is 0 Å². The van der Waals surface area contributed by atoms with E-state index >= 15 is 0 Å². The number of nitrogens with zero attached hydrogens (tertiary/aromatic N) is 3. The third-order valence-electron chi connectivity index (χ3n) is 4.06. The molecule has 1 fully saturated rings. The Balaban J connectivity index is 1.65. The molecule has 0 atom stereocenters. The van der Waals surface area contributed by atoms with Gasteiger partial charge in [-0.25, -0.2) is 17.7 Å². The highest BCUT2D eigenvalue weighted by Crippen LogP contribution is 2.21. The van der Waals surface area contributed by atoms with Crippen LogP contribution in [-0.2, 0) is 10.0 Å². The Morgan fingerprint density at radius 3 is 2.72 bits per heavy atom. The topological polar surface area (TPSA) is 101 Å². The summed E-state index contributed by atoms with van der Waals surface area (Å²) in [7, 11) is -3.12. The number of nitrogen functional groups attached to an aromatic ring is 1. The predicted octanol–water partition coefficient (Wildman–Crippen LogP) is 1.72. The van der Waals surface area contributed by atoms with Crippen LogP contribution in [0.4, 0.5) is 11.8 Å². The van der Waals surface area contributed by atoms with Crippen molar-refractivity contribution >= 4 is 50.2 Å². The van der Waals surface area contributed by atoms with E-state index < -0.39 is 10.0 Å². The maximum absolute atomic E-state index is 11.5. The quantitative estimate of drug-likeness (QED) is 0.585. The van der Waals surface area contributed by atoms with Crippen molar-refractivity contribution in [1.82, 2.24) is 14.3 Å². The highest BCUT2D eigenvalue weighted by molar-refractivity contribution is 7.88. The van der Waals surface area contributed by atoms with Crippen LogP contribution in [0.5, 0.6) is 0 Å².